The van der Waals surface area contributed by atoms with Gasteiger partial charge < -0.3 is 0 Å². The fourth-order valence-electron chi connectivity index (χ4n) is 0.526. The van der Waals surface area contributed by atoms with Crippen molar-refractivity contribution in [2.75, 3.05) is 0 Å². The molecule has 1 aliphatic rings. The van der Waals surface area contributed by atoms with Gasteiger partial charge in [0.05, 0.1) is 0 Å². The van der Waals surface area contributed by atoms with Crippen LogP contribution in [0, 0.1) is 0 Å². The molecule has 1 heteroatoms. The normalized spacial score (nSPS) is 22.6. The topological polar surface area (TPSA) is 0 Å². The van der Waals surface area contributed by atoms with E-state index in [0.717, 1.165) is 5.82 Å². The van der Waals surface area contributed by atoms with Crippen molar-refractivity contribution in [3.8, 4) is 0 Å². The van der Waals surface area contributed by atoms with E-state index < -0.39 is 0 Å². The van der Waals surface area contributed by atoms with Gasteiger partial charge in [-0.2, -0.15) is 0 Å². The molecule has 1 fully saturated rings. The lowest BCUT2D eigenvalue weighted by atomic mass is 9.76. The summed E-state index contributed by atoms with van der Waals surface area (Å²) in [6.07, 6.45) is 3.02. The number of rotatable bonds is 1. The van der Waals surface area contributed by atoms with Gasteiger partial charge in [0.25, 0.3) is 0 Å². The molecule has 0 radical (unpaired) electrons. The fourth-order valence-corrected chi connectivity index (χ4v) is 0.526. The first-order valence-electron chi connectivity index (χ1n) is 2.43. The molecular weight excluding hydrogens is 58.9 g/mol. The third kappa shape index (κ3) is 0.676. The van der Waals surface area contributed by atoms with Gasteiger partial charge in [-0.1, -0.05) is 25.5 Å². The van der Waals surface area contributed by atoms with E-state index in [9.17, 15) is 0 Å². The second-order valence-corrected chi connectivity index (χ2v) is 1.85. The van der Waals surface area contributed by atoms with Gasteiger partial charge in [0.15, 0.2) is 0 Å². The Morgan fingerprint density at radius 1 is 1.60 bits per heavy atom. The SMILES string of the molecule is CBC1CC1. The molecule has 0 spiro atoms. The molecule has 1 saturated carbocycles. The van der Waals surface area contributed by atoms with Crippen LogP contribution in [0.5, 0.6) is 0 Å². The van der Waals surface area contributed by atoms with Gasteiger partial charge in [-0.25, -0.2) is 0 Å². The van der Waals surface area contributed by atoms with E-state index in [1.165, 1.54) is 20.1 Å². The molecule has 0 aliphatic heterocycles. The average molecular weight is 67.9 g/mol. The molecule has 1 rings (SSSR count). The molecule has 5 heavy (non-hydrogen) atoms. The van der Waals surface area contributed by atoms with Crippen molar-refractivity contribution < 1.29 is 0 Å². The van der Waals surface area contributed by atoms with E-state index >= 15 is 0 Å². The molecule has 0 amide bonds. The van der Waals surface area contributed by atoms with E-state index in [0.29, 0.717) is 0 Å². The lowest BCUT2D eigenvalue weighted by molar-refractivity contribution is 1.44. The highest BCUT2D eigenvalue weighted by molar-refractivity contribution is 6.36. The van der Waals surface area contributed by atoms with Crippen LogP contribution in [0.25, 0.3) is 0 Å². The summed E-state index contributed by atoms with van der Waals surface area (Å²) in [7, 11) is 1.42. The standard InChI is InChI=1S/C4H9B/c1-5-4-2-3-4/h4-5H,2-3H2,1H3. The second-order valence-electron chi connectivity index (χ2n) is 1.85. The second kappa shape index (κ2) is 1.04. The van der Waals surface area contributed by atoms with E-state index in [1.54, 1.807) is 0 Å². The lowest BCUT2D eigenvalue weighted by Crippen LogP contribution is -1.71. The van der Waals surface area contributed by atoms with Crippen molar-refractivity contribution in [3.05, 3.63) is 0 Å². The van der Waals surface area contributed by atoms with E-state index in [2.05, 4.69) is 6.82 Å². The molecule has 0 aromatic rings. The maximum Gasteiger partial charge on any atom is 0.120 e. The first kappa shape index (κ1) is 3.26. The predicted molar refractivity (Wildman–Crippen MR) is 26.0 cm³/mol. The molecule has 0 saturated heterocycles. The Balaban J connectivity index is 2.00. The van der Waals surface area contributed by atoms with Gasteiger partial charge in [0, 0.05) is 0 Å². The summed E-state index contributed by atoms with van der Waals surface area (Å²) < 4.78 is 0. The Bertz CT molecular complexity index is 30.6. The van der Waals surface area contributed by atoms with Gasteiger partial charge in [-0.15, -0.1) is 0 Å². The van der Waals surface area contributed by atoms with Crippen molar-refractivity contribution in [3.63, 3.8) is 0 Å². The van der Waals surface area contributed by atoms with Crippen LogP contribution < -0.4 is 0 Å². The molecular formula is C4H9B. The first-order valence-corrected chi connectivity index (χ1v) is 2.43. The van der Waals surface area contributed by atoms with Crippen LogP contribution in [0.1, 0.15) is 12.8 Å². The summed E-state index contributed by atoms with van der Waals surface area (Å²) in [5.41, 5.74) is 0. The summed E-state index contributed by atoms with van der Waals surface area (Å²) in [5.74, 6) is 1.13. The van der Waals surface area contributed by atoms with E-state index in [1.807, 2.05) is 0 Å². The molecule has 0 unspecified atom stereocenters. The van der Waals surface area contributed by atoms with Gasteiger partial charge >= 0.3 is 0 Å². The minimum atomic E-state index is 1.13. The maximum atomic E-state index is 2.26. The molecule has 0 N–H and O–H groups in total. The summed E-state index contributed by atoms with van der Waals surface area (Å²) in [4.78, 5) is 0. The fraction of sp³-hybridized carbons (Fsp3) is 1.00. The van der Waals surface area contributed by atoms with Crippen molar-refractivity contribution in [1.82, 2.24) is 0 Å². The van der Waals surface area contributed by atoms with Gasteiger partial charge in [0.1, 0.15) is 7.28 Å². The van der Waals surface area contributed by atoms with Crippen LogP contribution in [-0.2, 0) is 0 Å². The van der Waals surface area contributed by atoms with Gasteiger partial charge in [0.2, 0.25) is 0 Å². The van der Waals surface area contributed by atoms with Crippen LogP contribution in [-0.4, -0.2) is 7.28 Å². The lowest BCUT2D eigenvalue weighted by Gasteiger charge is -1.68. The molecule has 0 aromatic heterocycles. The molecule has 0 nitrogen and oxygen atoms in total. The number of hydrogen-bond acceptors (Lipinski definition) is 0. The Hall–Kier alpha value is 0.0649. The van der Waals surface area contributed by atoms with Crippen LogP contribution >= 0.6 is 0 Å². The molecule has 0 aromatic carbocycles. The van der Waals surface area contributed by atoms with E-state index in [-0.39, 0.29) is 0 Å². The van der Waals surface area contributed by atoms with Crippen LogP contribution in [0.2, 0.25) is 12.6 Å². The highest BCUT2D eigenvalue weighted by Gasteiger charge is 2.18. The zero-order valence-corrected chi connectivity index (χ0v) is 3.70. The Labute approximate surface area is 33.8 Å². The van der Waals surface area contributed by atoms with E-state index in [4.69, 9.17) is 0 Å². The maximum absolute atomic E-state index is 2.26. The Morgan fingerprint density at radius 3 is 2.20 bits per heavy atom. The summed E-state index contributed by atoms with van der Waals surface area (Å²) in [6.45, 7) is 2.26. The van der Waals surface area contributed by atoms with Crippen molar-refractivity contribution in [1.29, 1.82) is 0 Å². The molecule has 28 valence electrons. The third-order valence-electron chi connectivity index (χ3n) is 1.27. The zero-order chi connectivity index (χ0) is 3.70. The van der Waals surface area contributed by atoms with Crippen molar-refractivity contribution in [2.24, 2.45) is 0 Å². The quantitative estimate of drug-likeness (QED) is 0.403. The van der Waals surface area contributed by atoms with Crippen LogP contribution in [0.15, 0.2) is 0 Å². The highest BCUT2D eigenvalue weighted by Crippen LogP contribution is 2.34. The molecule has 0 bridgehead atoms. The average Bonchev–Trinajstić information content (AvgIpc) is 2.12. The first-order chi connectivity index (χ1) is 2.43. The molecule has 0 heterocycles. The number of hydrogen-bond donors (Lipinski definition) is 0. The zero-order valence-electron chi connectivity index (χ0n) is 3.70. The molecule has 1 aliphatic carbocycles. The minimum Gasteiger partial charge on any atom is -0.0891 e. The minimum absolute atomic E-state index is 1.13. The van der Waals surface area contributed by atoms with Gasteiger partial charge in [-0.3, -0.25) is 0 Å². The third-order valence-corrected chi connectivity index (χ3v) is 1.27. The Morgan fingerprint density at radius 2 is 2.20 bits per heavy atom. The van der Waals surface area contributed by atoms with Crippen LogP contribution in [0.4, 0.5) is 0 Å². The van der Waals surface area contributed by atoms with Crippen molar-refractivity contribution >= 4 is 7.28 Å². The molecule has 0 atom stereocenters. The summed E-state index contributed by atoms with van der Waals surface area (Å²) >= 11 is 0. The highest BCUT2D eigenvalue weighted by atomic mass is 14.1. The monoisotopic (exact) mass is 68.1 g/mol. The largest absolute Gasteiger partial charge is 0.120 e. The summed E-state index contributed by atoms with van der Waals surface area (Å²) in [6, 6.07) is 0. The Kier molecular flexibility index (Phi) is 0.677. The van der Waals surface area contributed by atoms with Crippen LogP contribution in [0.3, 0.4) is 0 Å². The smallest absolute Gasteiger partial charge is 0.0891 e. The summed E-state index contributed by atoms with van der Waals surface area (Å²) in [5, 5.41) is 0. The van der Waals surface area contributed by atoms with Crippen molar-refractivity contribution in [2.45, 2.75) is 25.5 Å². The predicted octanol–water partition coefficient (Wildman–Crippen LogP) is 1.05. The van der Waals surface area contributed by atoms with Gasteiger partial charge in [-0.05, 0) is 0 Å².